The molecule has 2 amide bonds. The fraction of sp³-hybridized carbons (Fsp3) is 0.900. The molecule has 0 bridgehead atoms. The molecule has 4 heteroatoms. The summed E-state index contributed by atoms with van der Waals surface area (Å²) in [7, 11) is 1.94. The molecular weight excluding hydrogens is 178 g/mol. The lowest BCUT2D eigenvalue weighted by atomic mass is 9.91. The Morgan fingerprint density at radius 3 is 2.79 bits per heavy atom. The Bertz CT molecular complexity index is 196. The Morgan fingerprint density at radius 2 is 2.29 bits per heavy atom. The number of piperidine rings is 1. The van der Waals surface area contributed by atoms with Crippen LogP contribution in [0.25, 0.3) is 0 Å². The first-order valence-corrected chi connectivity index (χ1v) is 5.39. The summed E-state index contributed by atoms with van der Waals surface area (Å²) in [6, 6.07) is 0.124. The average Bonchev–Trinajstić information content (AvgIpc) is 2.17. The van der Waals surface area contributed by atoms with E-state index in [1.165, 1.54) is 12.8 Å². The van der Waals surface area contributed by atoms with Crippen LogP contribution in [0.15, 0.2) is 0 Å². The van der Waals surface area contributed by atoms with Gasteiger partial charge in [0.15, 0.2) is 0 Å². The Kier molecular flexibility index (Phi) is 4.20. The zero-order valence-corrected chi connectivity index (χ0v) is 9.12. The Morgan fingerprint density at radius 1 is 1.57 bits per heavy atom. The number of nitrogens with one attached hydrogen (secondary N) is 1. The van der Waals surface area contributed by atoms with Crippen molar-refractivity contribution in [1.82, 2.24) is 10.2 Å². The number of hydrogen-bond acceptors (Lipinski definition) is 2. The maximum atomic E-state index is 11.1. The van der Waals surface area contributed by atoms with Crippen molar-refractivity contribution in [3.8, 4) is 0 Å². The van der Waals surface area contributed by atoms with E-state index in [0.29, 0.717) is 12.0 Å². The van der Waals surface area contributed by atoms with E-state index in [9.17, 15) is 4.79 Å². The van der Waals surface area contributed by atoms with Crippen LogP contribution in [0, 0.1) is 5.92 Å². The van der Waals surface area contributed by atoms with Crippen LogP contribution in [0.3, 0.4) is 0 Å². The quantitative estimate of drug-likeness (QED) is 0.705. The number of nitrogens with zero attached hydrogens (tertiary/aromatic N) is 1. The first-order valence-electron chi connectivity index (χ1n) is 5.39. The normalized spacial score (nSPS) is 27.7. The monoisotopic (exact) mass is 199 g/mol. The second-order valence-electron chi connectivity index (χ2n) is 4.12. The van der Waals surface area contributed by atoms with Crippen LogP contribution in [0.5, 0.6) is 0 Å². The molecular formula is C10H21N3O. The van der Waals surface area contributed by atoms with Crippen molar-refractivity contribution in [2.45, 2.75) is 32.2 Å². The molecule has 0 radical (unpaired) electrons. The fourth-order valence-corrected chi connectivity index (χ4v) is 2.21. The molecule has 0 saturated carbocycles. The van der Waals surface area contributed by atoms with Gasteiger partial charge in [0.05, 0.1) is 0 Å². The number of nitrogens with two attached hydrogens (primary N) is 1. The molecule has 1 saturated heterocycles. The van der Waals surface area contributed by atoms with Gasteiger partial charge in [0.1, 0.15) is 0 Å². The van der Waals surface area contributed by atoms with Crippen LogP contribution < -0.4 is 11.1 Å². The standard InChI is InChI=1S/C10H21N3O/c1-3-4-8-5-9(12-2)7-13(6-8)10(11)14/h8-9,12H,3-7H2,1-2H3,(H2,11,14). The van der Waals surface area contributed by atoms with Crippen LogP contribution in [0.2, 0.25) is 0 Å². The summed E-state index contributed by atoms with van der Waals surface area (Å²) in [6.07, 6.45) is 3.52. The van der Waals surface area contributed by atoms with Gasteiger partial charge in [0.25, 0.3) is 0 Å². The number of likely N-dealkylation sites (N-methyl/N-ethyl adjacent to an activating group) is 1. The molecule has 1 heterocycles. The molecule has 1 aliphatic heterocycles. The van der Waals surface area contributed by atoms with Crippen molar-refractivity contribution in [2.24, 2.45) is 11.7 Å². The van der Waals surface area contributed by atoms with Gasteiger partial charge in [-0.1, -0.05) is 13.3 Å². The second-order valence-corrected chi connectivity index (χ2v) is 4.12. The Balaban J connectivity index is 2.52. The predicted molar refractivity (Wildman–Crippen MR) is 57.0 cm³/mol. The lowest BCUT2D eigenvalue weighted by Crippen LogP contribution is -2.52. The minimum Gasteiger partial charge on any atom is -0.351 e. The number of primary amides is 1. The zero-order valence-electron chi connectivity index (χ0n) is 9.12. The van der Waals surface area contributed by atoms with Crippen molar-refractivity contribution in [1.29, 1.82) is 0 Å². The fourth-order valence-electron chi connectivity index (χ4n) is 2.21. The SMILES string of the molecule is CCCC1CC(NC)CN(C(N)=O)C1. The molecule has 3 N–H and O–H groups in total. The van der Waals surface area contributed by atoms with E-state index in [2.05, 4.69) is 12.2 Å². The number of carbonyl (C=O) groups excluding carboxylic acids is 1. The average molecular weight is 199 g/mol. The van der Waals surface area contributed by atoms with E-state index in [1.54, 1.807) is 4.90 Å². The van der Waals surface area contributed by atoms with E-state index in [0.717, 1.165) is 19.5 Å². The van der Waals surface area contributed by atoms with E-state index >= 15 is 0 Å². The third-order valence-electron chi connectivity index (χ3n) is 2.95. The molecule has 2 unspecified atom stereocenters. The predicted octanol–water partition coefficient (Wildman–Crippen LogP) is 0.775. The van der Waals surface area contributed by atoms with Crippen LogP contribution in [-0.2, 0) is 0 Å². The summed E-state index contributed by atoms with van der Waals surface area (Å²) in [6.45, 7) is 3.77. The highest BCUT2D eigenvalue weighted by atomic mass is 16.2. The van der Waals surface area contributed by atoms with Gasteiger partial charge in [-0.05, 0) is 25.8 Å². The molecule has 0 aliphatic carbocycles. The summed E-state index contributed by atoms with van der Waals surface area (Å²) < 4.78 is 0. The van der Waals surface area contributed by atoms with E-state index in [4.69, 9.17) is 5.73 Å². The van der Waals surface area contributed by atoms with E-state index < -0.39 is 0 Å². The summed E-state index contributed by atoms with van der Waals surface area (Å²) in [5, 5.41) is 3.23. The summed E-state index contributed by atoms with van der Waals surface area (Å²) in [5.41, 5.74) is 5.30. The molecule has 14 heavy (non-hydrogen) atoms. The molecule has 0 aromatic carbocycles. The van der Waals surface area contributed by atoms with Gasteiger partial charge >= 0.3 is 6.03 Å². The first kappa shape index (κ1) is 11.3. The van der Waals surface area contributed by atoms with E-state index in [1.807, 2.05) is 7.05 Å². The highest BCUT2D eigenvalue weighted by Crippen LogP contribution is 2.20. The van der Waals surface area contributed by atoms with Crippen LogP contribution in [0.4, 0.5) is 4.79 Å². The molecule has 4 nitrogen and oxygen atoms in total. The topological polar surface area (TPSA) is 58.4 Å². The van der Waals surface area contributed by atoms with Crippen molar-refractivity contribution >= 4 is 6.03 Å². The van der Waals surface area contributed by atoms with Crippen LogP contribution >= 0.6 is 0 Å². The number of carbonyl (C=O) groups is 1. The van der Waals surface area contributed by atoms with Crippen molar-refractivity contribution in [3.63, 3.8) is 0 Å². The summed E-state index contributed by atoms with van der Waals surface area (Å²) in [5.74, 6) is 0.610. The van der Waals surface area contributed by atoms with Crippen LogP contribution in [0.1, 0.15) is 26.2 Å². The van der Waals surface area contributed by atoms with Crippen LogP contribution in [-0.4, -0.2) is 37.1 Å². The summed E-state index contributed by atoms with van der Waals surface area (Å²) in [4.78, 5) is 12.8. The molecule has 0 aromatic heterocycles. The van der Waals surface area contributed by atoms with Gasteiger partial charge in [0, 0.05) is 19.1 Å². The van der Waals surface area contributed by atoms with Crippen molar-refractivity contribution < 1.29 is 4.79 Å². The second kappa shape index (κ2) is 5.20. The Hall–Kier alpha value is -0.770. The minimum absolute atomic E-state index is 0.286. The molecule has 2 atom stereocenters. The minimum atomic E-state index is -0.286. The molecule has 1 rings (SSSR count). The van der Waals surface area contributed by atoms with E-state index in [-0.39, 0.29) is 6.03 Å². The van der Waals surface area contributed by atoms with Gasteiger partial charge in [-0.2, -0.15) is 0 Å². The largest absolute Gasteiger partial charge is 0.351 e. The molecule has 0 spiro atoms. The molecule has 1 fully saturated rings. The third kappa shape index (κ3) is 2.87. The first-order chi connectivity index (χ1) is 6.67. The number of urea groups is 1. The van der Waals surface area contributed by atoms with Crippen molar-refractivity contribution in [2.75, 3.05) is 20.1 Å². The maximum absolute atomic E-state index is 11.1. The molecule has 0 aromatic rings. The van der Waals surface area contributed by atoms with Gasteiger partial charge in [-0.15, -0.1) is 0 Å². The number of amides is 2. The van der Waals surface area contributed by atoms with Gasteiger partial charge in [-0.3, -0.25) is 0 Å². The third-order valence-corrected chi connectivity index (χ3v) is 2.95. The lowest BCUT2D eigenvalue weighted by Gasteiger charge is -2.36. The highest BCUT2D eigenvalue weighted by molar-refractivity contribution is 5.72. The number of likely N-dealkylation sites (tertiary alicyclic amines) is 1. The lowest BCUT2D eigenvalue weighted by molar-refractivity contribution is 0.151. The highest BCUT2D eigenvalue weighted by Gasteiger charge is 2.27. The maximum Gasteiger partial charge on any atom is 0.314 e. The Labute approximate surface area is 85.8 Å². The van der Waals surface area contributed by atoms with Crippen molar-refractivity contribution in [3.05, 3.63) is 0 Å². The van der Waals surface area contributed by atoms with Gasteiger partial charge < -0.3 is 16.0 Å². The smallest absolute Gasteiger partial charge is 0.314 e. The van der Waals surface area contributed by atoms with Gasteiger partial charge in [0.2, 0.25) is 0 Å². The number of rotatable bonds is 3. The molecule has 82 valence electrons. The summed E-state index contributed by atoms with van der Waals surface area (Å²) >= 11 is 0. The zero-order chi connectivity index (χ0) is 10.6. The number of hydrogen-bond donors (Lipinski definition) is 2. The molecule has 1 aliphatic rings. The van der Waals surface area contributed by atoms with Gasteiger partial charge in [-0.25, -0.2) is 4.79 Å².